The van der Waals surface area contributed by atoms with Gasteiger partial charge in [0, 0.05) is 36.1 Å². The third-order valence-corrected chi connectivity index (χ3v) is 6.34. The second-order valence-electron chi connectivity index (χ2n) is 8.33. The number of ether oxygens (including phenoxy) is 2. The molecule has 11 heteroatoms. The molecule has 8 nitrogen and oxygen atoms in total. The lowest BCUT2D eigenvalue weighted by Crippen LogP contribution is -2.30. The van der Waals surface area contributed by atoms with Crippen molar-refractivity contribution in [2.24, 2.45) is 5.92 Å². The molecule has 0 radical (unpaired) electrons. The van der Waals surface area contributed by atoms with Gasteiger partial charge >= 0.3 is 0 Å². The van der Waals surface area contributed by atoms with Crippen LogP contribution in [0.4, 0.5) is 20.3 Å². The number of aromatic nitrogens is 3. The first-order valence-corrected chi connectivity index (χ1v) is 11.8. The standard InChI is InChI=1S/C26H22ClF2N5O3/c1-36-21-5-4-18(22(28)23(21)29)20-14-31-25-24(30-8-9-34(20)25)33-16-2-3-17(19(27)12-16)26(35)32-13-15-6-10-37-11-7-15/h2-6,8-10,12,14-15H,7,11,13H2,1H3,(H,30,33)(H,32,35). The predicted molar refractivity (Wildman–Crippen MR) is 135 cm³/mol. The van der Waals surface area contributed by atoms with E-state index < -0.39 is 11.6 Å². The zero-order valence-corrected chi connectivity index (χ0v) is 20.4. The number of hydrogen-bond donors (Lipinski definition) is 2. The summed E-state index contributed by atoms with van der Waals surface area (Å²) in [6, 6.07) is 7.71. The normalized spacial score (nSPS) is 14.9. The number of imidazole rings is 1. The summed E-state index contributed by atoms with van der Waals surface area (Å²) in [6.07, 6.45) is 8.94. The number of carbonyl (C=O) groups is 1. The molecule has 0 fully saturated rings. The zero-order valence-electron chi connectivity index (χ0n) is 19.7. The highest BCUT2D eigenvalue weighted by molar-refractivity contribution is 6.34. The van der Waals surface area contributed by atoms with Crippen LogP contribution in [0, 0.1) is 17.6 Å². The number of nitrogens with zero attached hydrogens (tertiary/aromatic N) is 3. The van der Waals surface area contributed by atoms with Crippen LogP contribution in [0.15, 0.2) is 61.3 Å². The van der Waals surface area contributed by atoms with Crippen molar-refractivity contribution in [1.29, 1.82) is 0 Å². The maximum absolute atomic E-state index is 14.7. The van der Waals surface area contributed by atoms with Crippen molar-refractivity contribution in [3.05, 3.63) is 83.5 Å². The fourth-order valence-electron chi connectivity index (χ4n) is 4.05. The largest absolute Gasteiger partial charge is 0.501 e. The Labute approximate surface area is 215 Å². The number of nitrogens with one attached hydrogen (secondary N) is 2. The van der Waals surface area contributed by atoms with Gasteiger partial charge in [-0.05, 0) is 42.8 Å². The zero-order chi connectivity index (χ0) is 25.9. The van der Waals surface area contributed by atoms with Crippen LogP contribution in [0.5, 0.6) is 5.75 Å². The molecule has 37 heavy (non-hydrogen) atoms. The van der Waals surface area contributed by atoms with Crippen LogP contribution in [-0.4, -0.2) is 40.5 Å². The van der Waals surface area contributed by atoms with Crippen molar-refractivity contribution in [3.63, 3.8) is 0 Å². The molecular formula is C26H22ClF2N5O3. The number of methoxy groups -OCH3 is 1. The molecule has 4 aromatic rings. The number of rotatable bonds is 7. The number of halogens is 3. The Bertz CT molecular complexity index is 1510. The highest BCUT2D eigenvalue weighted by Crippen LogP contribution is 2.32. The van der Waals surface area contributed by atoms with Crippen molar-refractivity contribution < 1.29 is 23.0 Å². The van der Waals surface area contributed by atoms with E-state index in [9.17, 15) is 13.6 Å². The molecule has 0 aliphatic carbocycles. The summed E-state index contributed by atoms with van der Waals surface area (Å²) in [4.78, 5) is 21.3. The Morgan fingerprint density at radius 2 is 2.11 bits per heavy atom. The van der Waals surface area contributed by atoms with Gasteiger partial charge < -0.3 is 20.1 Å². The SMILES string of the molecule is COc1ccc(-c2cnc3c(Nc4ccc(C(=O)NCC5C=COCC5)c(Cl)c4)nccn23)c(F)c1F. The molecule has 1 aliphatic rings. The molecule has 2 N–H and O–H groups in total. The van der Waals surface area contributed by atoms with Gasteiger partial charge in [-0.25, -0.2) is 14.4 Å². The third-order valence-electron chi connectivity index (χ3n) is 6.03. The van der Waals surface area contributed by atoms with Gasteiger partial charge in [0.25, 0.3) is 5.91 Å². The molecule has 1 amide bonds. The van der Waals surface area contributed by atoms with Crippen molar-refractivity contribution in [1.82, 2.24) is 19.7 Å². The molecule has 1 unspecified atom stereocenters. The fraction of sp³-hybridized carbons (Fsp3) is 0.192. The van der Waals surface area contributed by atoms with Gasteiger partial charge in [0.2, 0.25) is 5.82 Å². The van der Waals surface area contributed by atoms with Crippen LogP contribution >= 0.6 is 11.6 Å². The number of benzene rings is 2. The number of amides is 1. The van der Waals surface area contributed by atoms with Crippen LogP contribution in [0.25, 0.3) is 16.9 Å². The van der Waals surface area contributed by atoms with Crippen LogP contribution in [0.3, 0.4) is 0 Å². The summed E-state index contributed by atoms with van der Waals surface area (Å²) in [7, 11) is 1.27. The Balaban J connectivity index is 1.36. The lowest BCUT2D eigenvalue weighted by Gasteiger charge is -2.17. The van der Waals surface area contributed by atoms with Gasteiger partial charge in [-0.3, -0.25) is 9.20 Å². The Morgan fingerprint density at radius 3 is 2.86 bits per heavy atom. The first-order valence-electron chi connectivity index (χ1n) is 11.4. The van der Waals surface area contributed by atoms with Crippen molar-refractivity contribution >= 4 is 34.7 Å². The molecule has 0 spiro atoms. The van der Waals surface area contributed by atoms with Crippen LogP contribution < -0.4 is 15.4 Å². The highest BCUT2D eigenvalue weighted by atomic mass is 35.5. The predicted octanol–water partition coefficient (Wildman–Crippen LogP) is 5.36. The summed E-state index contributed by atoms with van der Waals surface area (Å²) in [6.45, 7) is 1.12. The van der Waals surface area contributed by atoms with Gasteiger partial charge in [-0.1, -0.05) is 11.6 Å². The van der Waals surface area contributed by atoms with Crippen LogP contribution in [0.2, 0.25) is 5.02 Å². The number of hydrogen-bond acceptors (Lipinski definition) is 6. The minimum absolute atomic E-state index is 0.0256. The van der Waals surface area contributed by atoms with E-state index in [4.69, 9.17) is 21.1 Å². The molecule has 1 atom stereocenters. The van der Waals surface area contributed by atoms with Crippen molar-refractivity contribution in [3.8, 4) is 17.0 Å². The second kappa shape index (κ2) is 10.4. The van der Waals surface area contributed by atoms with E-state index in [0.29, 0.717) is 41.6 Å². The Morgan fingerprint density at radius 1 is 1.24 bits per heavy atom. The molecule has 1 aliphatic heterocycles. The minimum Gasteiger partial charge on any atom is -0.501 e. The molecule has 0 saturated heterocycles. The van der Waals surface area contributed by atoms with Crippen molar-refractivity contribution in [2.75, 3.05) is 25.6 Å². The molecule has 5 rings (SSSR count). The molecule has 0 bridgehead atoms. The maximum atomic E-state index is 14.7. The highest BCUT2D eigenvalue weighted by Gasteiger charge is 2.20. The average Bonchev–Trinajstić information content (AvgIpc) is 3.34. The minimum atomic E-state index is -1.08. The molecular weight excluding hydrogens is 504 g/mol. The molecule has 190 valence electrons. The summed E-state index contributed by atoms with van der Waals surface area (Å²) in [5.41, 5.74) is 1.66. The van der Waals surface area contributed by atoms with E-state index in [1.165, 1.54) is 31.6 Å². The molecule has 2 aromatic heterocycles. The summed E-state index contributed by atoms with van der Waals surface area (Å²) < 4.78 is 40.6. The quantitative estimate of drug-likeness (QED) is 0.338. The van der Waals surface area contributed by atoms with E-state index in [1.807, 2.05) is 6.08 Å². The van der Waals surface area contributed by atoms with Gasteiger partial charge in [-0.2, -0.15) is 4.39 Å². The number of fused-ring (bicyclic) bond motifs is 1. The van der Waals surface area contributed by atoms with E-state index in [2.05, 4.69) is 20.6 Å². The smallest absolute Gasteiger partial charge is 0.252 e. The molecule has 0 saturated carbocycles. The molecule has 3 heterocycles. The monoisotopic (exact) mass is 525 g/mol. The lowest BCUT2D eigenvalue weighted by atomic mass is 10.0. The number of anilines is 2. The third kappa shape index (κ3) is 4.92. The van der Waals surface area contributed by atoms with Gasteiger partial charge in [0.1, 0.15) is 0 Å². The van der Waals surface area contributed by atoms with E-state index in [1.54, 1.807) is 35.1 Å². The molecule has 2 aromatic carbocycles. The number of carbonyl (C=O) groups excluding carboxylic acids is 1. The lowest BCUT2D eigenvalue weighted by molar-refractivity contribution is 0.0945. The average molecular weight is 526 g/mol. The van der Waals surface area contributed by atoms with Crippen LogP contribution in [0.1, 0.15) is 16.8 Å². The second-order valence-corrected chi connectivity index (χ2v) is 8.74. The van der Waals surface area contributed by atoms with Gasteiger partial charge in [-0.15, -0.1) is 0 Å². The summed E-state index contributed by atoms with van der Waals surface area (Å²) in [5.74, 6) is -2.00. The van der Waals surface area contributed by atoms with E-state index in [-0.39, 0.29) is 28.2 Å². The summed E-state index contributed by atoms with van der Waals surface area (Å²) >= 11 is 6.41. The van der Waals surface area contributed by atoms with Crippen molar-refractivity contribution in [2.45, 2.75) is 6.42 Å². The van der Waals surface area contributed by atoms with E-state index >= 15 is 0 Å². The maximum Gasteiger partial charge on any atom is 0.252 e. The van der Waals surface area contributed by atoms with Crippen LogP contribution in [-0.2, 0) is 4.74 Å². The first kappa shape index (κ1) is 24.5. The van der Waals surface area contributed by atoms with Gasteiger partial charge in [0.15, 0.2) is 23.0 Å². The Hall–Kier alpha value is -4.18. The Kier molecular flexibility index (Phi) is 6.91. The van der Waals surface area contributed by atoms with Gasteiger partial charge in [0.05, 0.1) is 42.5 Å². The topological polar surface area (TPSA) is 89.8 Å². The fourth-order valence-corrected chi connectivity index (χ4v) is 4.31. The van der Waals surface area contributed by atoms with E-state index in [0.717, 1.165) is 6.42 Å². The summed E-state index contributed by atoms with van der Waals surface area (Å²) in [5, 5.41) is 6.28. The first-order chi connectivity index (χ1) is 18.0.